The summed E-state index contributed by atoms with van der Waals surface area (Å²) in [7, 11) is -3.68. The number of tetrazole rings is 1. The molecule has 19 heavy (non-hydrogen) atoms. The van der Waals surface area contributed by atoms with Crippen LogP contribution in [0.25, 0.3) is 0 Å². The second kappa shape index (κ2) is 5.43. The molecule has 0 spiro atoms. The van der Waals surface area contributed by atoms with Gasteiger partial charge in [0.1, 0.15) is 0 Å². The fourth-order valence-corrected chi connectivity index (χ4v) is 2.80. The number of nitrogens with zero attached hydrogens (tertiary/aromatic N) is 3. The van der Waals surface area contributed by atoms with Crippen LogP contribution in [0.3, 0.4) is 0 Å². The van der Waals surface area contributed by atoms with E-state index in [9.17, 15) is 8.42 Å². The predicted molar refractivity (Wildman–Crippen MR) is 65.3 cm³/mol. The van der Waals surface area contributed by atoms with Gasteiger partial charge in [0, 0.05) is 0 Å². The molecule has 0 saturated heterocycles. The Morgan fingerprint density at radius 3 is 2.84 bits per heavy atom. The molecule has 0 fully saturated rings. The lowest BCUT2D eigenvalue weighted by Gasteiger charge is -2.09. The number of rotatable bonds is 5. The second-order valence-electron chi connectivity index (χ2n) is 3.91. The highest BCUT2D eigenvalue weighted by Crippen LogP contribution is 2.17. The summed E-state index contributed by atoms with van der Waals surface area (Å²) in [5.41, 5.74) is 1.13. The van der Waals surface area contributed by atoms with Gasteiger partial charge in [-0.05, 0) is 24.1 Å². The highest BCUT2D eigenvalue weighted by molar-refractivity contribution is 7.89. The number of aromatic nitrogens is 4. The molecule has 0 unspecified atom stereocenters. The lowest BCUT2D eigenvalue weighted by atomic mass is 10.2. The molecular weight excluding hydrogens is 270 g/mol. The lowest BCUT2D eigenvalue weighted by molar-refractivity contribution is 0.281. The Balaban J connectivity index is 2.23. The number of aryl methyl sites for hydroxylation is 1. The average Bonchev–Trinajstić information content (AvgIpc) is 2.90. The van der Waals surface area contributed by atoms with E-state index in [0.29, 0.717) is 11.1 Å². The number of aliphatic hydroxyl groups excluding tert-OH is 1. The zero-order valence-electron chi connectivity index (χ0n) is 10.2. The summed E-state index contributed by atoms with van der Waals surface area (Å²) in [5.74, 6) is 0.250. The molecule has 0 bridgehead atoms. The third kappa shape index (κ3) is 3.13. The first-order valence-electron chi connectivity index (χ1n) is 5.45. The first-order chi connectivity index (χ1) is 9.03. The van der Waals surface area contributed by atoms with Crippen LogP contribution >= 0.6 is 0 Å². The number of nitrogens with one attached hydrogen (secondary N) is 2. The Bertz CT molecular complexity index is 654. The van der Waals surface area contributed by atoms with Crippen LogP contribution in [0.4, 0.5) is 0 Å². The first-order valence-corrected chi connectivity index (χ1v) is 6.93. The maximum Gasteiger partial charge on any atom is 0.241 e. The monoisotopic (exact) mass is 283 g/mol. The molecule has 1 aromatic heterocycles. The van der Waals surface area contributed by atoms with Crippen LogP contribution in [-0.4, -0.2) is 34.1 Å². The number of hydrogen-bond donors (Lipinski definition) is 3. The predicted octanol–water partition coefficient (Wildman–Crippen LogP) is -0.521. The van der Waals surface area contributed by atoms with Crippen LogP contribution in [-0.2, 0) is 23.2 Å². The quantitative estimate of drug-likeness (QED) is 0.679. The summed E-state index contributed by atoms with van der Waals surface area (Å²) >= 11 is 0. The minimum atomic E-state index is -3.68. The number of sulfonamides is 1. The number of H-pyrrole nitrogens is 1. The van der Waals surface area contributed by atoms with E-state index in [1.807, 2.05) is 0 Å². The molecule has 8 nitrogen and oxygen atoms in total. The molecule has 9 heteroatoms. The number of benzene rings is 1. The summed E-state index contributed by atoms with van der Waals surface area (Å²) in [6.07, 6.45) is 0. The van der Waals surface area contributed by atoms with Crippen LogP contribution in [0, 0.1) is 6.92 Å². The molecule has 0 amide bonds. The van der Waals surface area contributed by atoms with E-state index in [2.05, 4.69) is 25.3 Å². The van der Waals surface area contributed by atoms with Crippen LogP contribution in [0.15, 0.2) is 23.1 Å². The minimum absolute atomic E-state index is 0.0539. The molecule has 0 aliphatic carbocycles. The first kappa shape index (κ1) is 13.6. The molecule has 0 saturated carbocycles. The molecular formula is C10H13N5O3S. The van der Waals surface area contributed by atoms with E-state index in [1.165, 1.54) is 6.07 Å². The van der Waals surface area contributed by atoms with Crippen LogP contribution in [0.5, 0.6) is 0 Å². The van der Waals surface area contributed by atoms with Gasteiger partial charge in [-0.1, -0.05) is 17.3 Å². The van der Waals surface area contributed by atoms with Gasteiger partial charge in [-0.25, -0.2) is 13.1 Å². The van der Waals surface area contributed by atoms with Crippen molar-refractivity contribution in [2.24, 2.45) is 0 Å². The van der Waals surface area contributed by atoms with Crippen LogP contribution in [0.2, 0.25) is 0 Å². The minimum Gasteiger partial charge on any atom is -0.392 e. The van der Waals surface area contributed by atoms with Crippen molar-refractivity contribution < 1.29 is 13.5 Å². The van der Waals surface area contributed by atoms with Crippen molar-refractivity contribution in [3.63, 3.8) is 0 Å². The number of hydrogen-bond acceptors (Lipinski definition) is 6. The maximum absolute atomic E-state index is 12.1. The Morgan fingerprint density at radius 2 is 2.21 bits per heavy atom. The number of aromatic amines is 1. The largest absolute Gasteiger partial charge is 0.392 e. The van der Waals surface area contributed by atoms with Gasteiger partial charge >= 0.3 is 0 Å². The van der Waals surface area contributed by atoms with E-state index in [1.54, 1.807) is 19.1 Å². The standard InChI is InChI=1S/C10H13N5O3S/c1-7-2-3-8(6-16)4-9(7)19(17,18)11-5-10-12-14-15-13-10/h2-4,11,16H,5-6H2,1H3,(H,12,13,14,15). The van der Waals surface area contributed by atoms with E-state index in [-0.39, 0.29) is 23.9 Å². The Labute approximate surface area is 109 Å². The van der Waals surface area contributed by atoms with Gasteiger partial charge in [-0.2, -0.15) is 5.21 Å². The molecule has 2 aromatic rings. The van der Waals surface area contributed by atoms with Gasteiger partial charge in [0.05, 0.1) is 18.0 Å². The molecule has 2 rings (SSSR count). The highest BCUT2D eigenvalue weighted by Gasteiger charge is 2.17. The third-order valence-corrected chi connectivity index (χ3v) is 4.08. The molecule has 0 aliphatic heterocycles. The van der Waals surface area contributed by atoms with E-state index >= 15 is 0 Å². The van der Waals surface area contributed by atoms with E-state index in [4.69, 9.17) is 5.11 Å². The Morgan fingerprint density at radius 1 is 1.42 bits per heavy atom. The van der Waals surface area contributed by atoms with E-state index in [0.717, 1.165) is 0 Å². The molecule has 0 aliphatic rings. The van der Waals surface area contributed by atoms with Crippen LogP contribution < -0.4 is 4.72 Å². The SMILES string of the molecule is Cc1ccc(CO)cc1S(=O)(=O)NCc1nn[nH]n1. The van der Waals surface area contributed by atoms with Crippen molar-refractivity contribution in [2.45, 2.75) is 25.0 Å². The number of aliphatic hydroxyl groups is 1. The average molecular weight is 283 g/mol. The summed E-state index contributed by atoms with van der Waals surface area (Å²) in [5, 5.41) is 21.9. The summed E-state index contributed by atoms with van der Waals surface area (Å²) in [6.45, 7) is 1.42. The lowest BCUT2D eigenvalue weighted by Crippen LogP contribution is -2.24. The van der Waals surface area contributed by atoms with Crippen molar-refractivity contribution in [2.75, 3.05) is 0 Å². The van der Waals surface area contributed by atoms with Crippen LogP contribution in [0.1, 0.15) is 17.0 Å². The smallest absolute Gasteiger partial charge is 0.241 e. The van der Waals surface area contributed by atoms with Gasteiger partial charge in [0.2, 0.25) is 10.0 Å². The summed E-state index contributed by atoms with van der Waals surface area (Å²) in [6, 6.07) is 4.76. The molecule has 0 radical (unpaired) electrons. The topological polar surface area (TPSA) is 121 Å². The zero-order chi connectivity index (χ0) is 13.9. The fourth-order valence-electron chi connectivity index (χ4n) is 1.53. The van der Waals surface area contributed by atoms with Crippen molar-refractivity contribution in [3.05, 3.63) is 35.2 Å². The Kier molecular flexibility index (Phi) is 3.88. The van der Waals surface area contributed by atoms with E-state index < -0.39 is 10.0 Å². The summed E-state index contributed by atoms with van der Waals surface area (Å²) < 4.78 is 26.7. The second-order valence-corrected chi connectivity index (χ2v) is 5.65. The van der Waals surface area contributed by atoms with Gasteiger partial charge < -0.3 is 5.11 Å². The molecule has 3 N–H and O–H groups in total. The summed E-state index contributed by atoms with van der Waals surface area (Å²) in [4.78, 5) is 0.127. The Hall–Kier alpha value is -1.84. The highest BCUT2D eigenvalue weighted by atomic mass is 32.2. The normalized spacial score (nSPS) is 11.7. The van der Waals surface area contributed by atoms with Crippen molar-refractivity contribution in [3.8, 4) is 0 Å². The van der Waals surface area contributed by atoms with Gasteiger partial charge in [0.15, 0.2) is 5.82 Å². The third-order valence-electron chi connectivity index (χ3n) is 2.53. The van der Waals surface area contributed by atoms with Crippen molar-refractivity contribution >= 4 is 10.0 Å². The van der Waals surface area contributed by atoms with Gasteiger partial charge in [0.25, 0.3) is 0 Å². The van der Waals surface area contributed by atoms with Gasteiger partial charge in [-0.15, -0.1) is 10.2 Å². The molecule has 102 valence electrons. The fraction of sp³-hybridized carbons (Fsp3) is 0.300. The van der Waals surface area contributed by atoms with Crippen molar-refractivity contribution in [1.82, 2.24) is 25.3 Å². The van der Waals surface area contributed by atoms with Gasteiger partial charge in [-0.3, -0.25) is 0 Å². The molecule has 0 atom stereocenters. The molecule has 1 heterocycles. The zero-order valence-corrected chi connectivity index (χ0v) is 11.0. The maximum atomic E-state index is 12.1. The molecule has 1 aromatic carbocycles. The van der Waals surface area contributed by atoms with Crippen molar-refractivity contribution in [1.29, 1.82) is 0 Å².